The third-order valence-corrected chi connectivity index (χ3v) is 5.33. The maximum atomic E-state index is 13.2. The van der Waals surface area contributed by atoms with Crippen molar-refractivity contribution in [2.75, 3.05) is 25.9 Å². The smallest absolute Gasteiger partial charge is 0.139 e. The largest absolute Gasteiger partial charge is 0.399 e. The predicted molar refractivity (Wildman–Crippen MR) is 82.4 cm³/mol. The van der Waals surface area contributed by atoms with Gasteiger partial charge in [-0.1, -0.05) is 26.3 Å². The molecule has 0 radical (unpaired) electrons. The zero-order chi connectivity index (χ0) is 14.3. The van der Waals surface area contributed by atoms with Crippen molar-refractivity contribution >= 4 is 15.6 Å². The van der Waals surface area contributed by atoms with Crippen molar-refractivity contribution in [3.63, 3.8) is 0 Å². The fraction of sp³-hybridized carbons (Fsp3) is 0.571. The molecule has 1 aromatic carbocycles. The Labute approximate surface area is 117 Å². The zero-order valence-corrected chi connectivity index (χ0v) is 12.9. The van der Waals surface area contributed by atoms with E-state index in [1.165, 1.54) is 0 Å². The molecule has 0 aromatic heterocycles. The molecule has 1 unspecified atom stereocenters. The van der Waals surface area contributed by atoms with Gasteiger partial charge in [0.15, 0.2) is 0 Å². The van der Waals surface area contributed by atoms with Gasteiger partial charge in [-0.2, -0.15) is 0 Å². The molecule has 4 nitrogen and oxygen atoms in total. The van der Waals surface area contributed by atoms with Crippen LogP contribution in [-0.4, -0.2) is 28.7 Å². The molecule has 0 amide bonds. The highest BCUT2D eigenvalue weighted by Gasteiger charge is 2.18. The van der Waals surface area contributed by atoms with E-state index in [2.05, 4.69) is 18.2 Å². The number of anilines is 1. The van der Waals surface area contributed by atoms with Gasteiger partial charge in [0.25, 0.3) is 0 Å². The molecule has 0 fully saturated rings. The van der Waals surface area contributed by atoms with Crippen LogP contribution in [0, 0.1) is 0 Å². The Hall–Kier alpha value is -1.07. The molecule has 0 heterocycles. The van der Waals surface area contributed by atoms with E-state index in [0.29, 0.717) is 17.1 Å². The summed E-state index contributed by atoms with van der Waals surface area (Å²) >= 11 is 0. The molecule has 1 atom stereocenters. The van der Waals surface area contributed by atoms with Crippen molar-refractivity contribution in [3.05, 3.63) is 24.3 Å². The summed E-state index contributed by atoms with van der Waals surface area (Å²) in [5, 5.41) is 0. The molecule has 1 rings (SSSR count). The third-order valence-electron chi connectivity index (χ3n) is 2.90. The van der Waals surface area contributed by atoms with E-state index in [1.54, 1.807) is 12.1 Å². The minimum Gasteiger partial charge on any atom is -0.399 e. The highest BCUT2D eigenvalue weighted by molar-refractivity contribution is 7.91. The van der Waals surface area contributed by atoms with E-state index < -0.39 is 9.92 Å². The van der Waals surface area contributed by atoms with Crippen LogP contribution in [0.1, 0.15) is 33.1 Å². The first-order valence-electron chi connectivity index (χ1n) is 6.84. The SMILES string of the molecule is CCCCN=S(=O)(c1cccc(N)c1)N(C)CCC. The highest BCUT2D eigenvalue weighted by Crippen LogP contribution is 2.20. The molecule has 19 heavy (non-hydrogen) atoms. The van der Waals surface area contributed by atoms with E-state index >= 15 is 0 Å². The molecular weight excluding hydrogens is 258 g/mol. The molecule has 0 aliphatic heterocycles. The minimum absolute atomic E-state index is 0.623. The molecule has 2 N–H and O–H groups in total. The quantitative estimate of drug-likeness (QED) is 0.617. The van der Waals surface area contributed by atoms with Gasteiger partial charge in [0.05, 0.1) is 4.90 Å². The summed E-state index contributed by atoms with van der Waals surface area (Å²) in [5.41, 5.74) is 6.42. The monoisotopic (exact) mass is 283 g/mol. The fourth-order valence-corrected chi connectivity index (χ4v) is 3.88. The van der Waals surface area contributed by atoms with E-state index in [4.69, 9.17) is 5.73 Å². The van der Waals surface area contributed by atoms with Crippen LogP contribution in [0.3, 0.4) is 0 Å². The van der Waals surface area contributed by atoms with Crippen LogP contribution in [0.4, 0.5) is 5.69 Å². The second kappa shape index (κ2) is 7.50. The van der Waals surface area contributed by atoms with Gasteiger partial charge < -0.3 is 5.73 Å². The van der Waals surface area contributed by atoms with Gasteiger partial charge in [-0.3, -0.25) is 0 Å². The lowest BCUT2D eigenvalue weighted by Crippen LogP contribution is -2.28. The van der Waals surface area contributed by atoms with Crippen molar-refractivity contribution in [1.82, 2.24) is 4.31 Å². The maximum Gasteiger partial charge on any atom is 0.139 e. The van der Waals surface area contributed by atoms with Crippen molar-refractivity contribution in [2.45, 2.75) is 38.0 Å². The molecule has 5 heteroatoms. The number of nitrogen functional groups attached to an aromatic ring is 1. The second-order valence-corrected chi connectivity index (χ2v) is 6.97. The van der Waals surface area contributed by atoms with Gasteiger partial charge in [0.2, 0.25) is 0 Å². The summed E-state index contributed by atoms with van der Waals surface area (Å²) in [7, 11) is -0.659. The summed E-state index contributed by atoms with van der Waals surface area (Å²) in [5.74, 6) is 0. The average molecular weight is 283 g/mol. The summed E-state index contributed by atoms with van der Waals surface area (Å²) in [4.78, 5) is 0.708. The summed E-state index contributed by atoms with van der Waals surface area (Å²) in [6.07, 6.45) is 2.95. The summed E-state index contributed by atoms with van der Waals surface area (Å²) in [6.45, 7) is 5.55. The van der Waals surface area contributed by atoms with Crippen LogP contribution in [-0.2, 0) is 9.92 Å². The molecule has 108 valence electrons. The van der Waals surface area contributed by atoms with Crippen molar-refractivity contribution < 1.29 is 4.21 Å². The lowest BCUT2D eigenvalue weighted by molar-refractivity contribution is 0.509. The maximum absolute atomic E-state index is 13.2. The predicted octanol–water partition coefficient (Wildman–Crippen LogP) is 3.15. The first-order chi connectivity index (χ1) is 9.04. The molecule has 0 saturated carbocycles. The van der Waals surface area contributed by atoms with Crippen LogP contribution in [0.2, 0.25) is 0 Å². The van der Waals surface area contributed by atoms with E-state index in [1.807, 2.05) is 23.5 Å². The Bertz CT molecular complexity index is 507. The van der Waals surface area contributed by atoms with Crippen LogP contribution >= 0.6 is 0 Å². The van der Waals surface area contributed by atoms with E-state index in [9.17, 15) is 4.21 Å². The normalized spacial score (nSPS) is 14.3. The van der Waals surface area contributed by atoms with E-state index in [0.717, 1.165) is 25.8 Å². The molecular formula is C14H25N3OS. The summed E-state index contributed by atoms with van der Waals surface area (Å²) in [6, 6.07) is 7.25. The molecule has 0 aliphatic carbocycles. The number of benzene rings is 1. The Kier molecular flexibility index (Phi) is 6.31. The number of unbranched alkanes of at least 4 members (excludes halogenated alkanes) is 1. The van der Waals surface area contributed by atoms with Crippen LogP contribution in [0.15, 0.2) is 33.5 Å². The number of hydrogen-bond acceptors (Lipinski definition) is 3. The first kappa shape index (κ1) is 16.0. The van der Waals surface area contributed by atoms with Crippen molar-refractivity contribution in [3.8, 4) is 0 Å². The van der Waals surface area contributed by atoms with Gasteiger partial charge in [-0.25, -0.2) is 12.9 Å². The highest BCUT2D eigenvalue weighted by atomic mass is 32.2. The fourth-order valence-electron chi connectivity index (χ4n) is 1.82. The number of nitrogens with two attached hydrogens (primary N) is 1. The molecule has 1 aromatic rings. The van der Waals surface area contributed by atoms with Crippen molar-refractivity contribution in [1.29, 1.82) is 0 Å². The van der Waals surface area contributed by atoms with Gasteiger partial charge >= 0.3 is 0 Å². The molecule has 0 bridgehead atoms. The zero-order valence-electron chi connectivity index (χ0n) is 12.1. The lowest BCUT2D eigenvalue weighted by Gasteiger charge is -2.21. The number of nitrogens with zero attached hydrogens (tertiary/aromatic N) is 2. The average Bonchev–Trinajstić information content (AvgIpc) is 2.39. The summed E-state index contributed by atoms with van der Waals surface area (Å²) < 4.78 is 19.5. The molecule has 0 saturated heterocycles. The Morgan fingerprint density at radius 3 is 2.63 bits per heavy atom. The third kappa shape index (κ3) is 4.21. The van der Waals surface area contributed by atoms with Gasteiger partial charge in [0, 0.05) is 25.8 Å². The topological polar surface area (TPSA) is 58.7 Å². The lowest BCUT2D eigenvalue weighted by atomic mass is 10.3. The second-order valence-electron chi connectivity index (χ2n) is 4.63. The molecule has 0 aliphatic rings. The molecule has 0 spiro atoms. The standard InChI is InChI=1S/C14H25N3OS/c1-4-6-10-16-19(18,17(3)11-5-2)14-9-7-8-13(15)12-14/h7-9,12H,4-6,10-11,15H2,1-3H3. The van der Waals surface area contributed by atoms with Crippen LogP contribution < -0.4 is 5.73 Å². The number of hydrogen-bond donors (Lipinski definition) is 1. The Morgan fingerprint density at radius 1 is 1.32 bits per heavy atom. The van der Waals surface area contributed by atoms with Crippen LogP contribution in [0.25, 0.3) is 0 Å². The van der Waals surface area contributed by atoms with Crippen molar-refractivity contribution in [2.24, 2.45) is 4.36 Å². The van der Waals surface area contributed by atoms with E-state index in [-0.39, 0.29) is 0 Å². The Morgan fingerprint density at radius 2 is 2.05 bits per heavy atom. The number of rotatable bonds is 7. The first-order valence-corrected chi connectivity index (χ1v) is 8.31. The van der Waals surface area contributed by atoms with Gasteiger partial charge in [-0.15, -0.1) is 0 Å². The Balaban J connectivity index is 3.18. The minimum atomic E-state index is -2.53. The van der Waals surface area contributed by atoms with Crippen LogP contribution in [0.5, 0.6) is 0 Å². The van der Waals surface area contributed by atoms with Gasteiger partial charge in [0.1, 0.15) is 9.92 Å². The van der Waals surface area contributed by atoms with Gasteiger partial charge in [-0.05, 0) is 31.0 Å².